The van der Waals surface area contributed by atoms with Crippen molar-refractivity contribution in [1.82, 2.24) is 9.97 Å². The van der Waals surface area contributed by atoms with E-state index >= 15 is 0 Å². The van der Waals surface area contributed by atoms with Gasteiger partial charge in [0.1, 0.15) is 5.52 Å². The van der Waals surface area contributed by atoms with Crippen LogP contribution < -0.4 is 5.56 Å². The lowest BCUT2D eigenvalue weighted by Crippen LogP contribution is -2.17. The van der Waals surface area contributed by atoms with E-state index < -0.39 is 0 Å². The number of fused-ring (bicyclic) bond motifs is 1. The molecule has 0 aromatic carbocycles. The normalized spacial score (nSPS) is 11.9. The molecule has 0 aliphatic rings. The monoisotopic (exact) mass is 202 g/mol. The van der Waals surface area contributed by atoms with E-state index in [2.05, 4.69) is 30.7 Å². The summed E-state index contributed by atoms with van der Waals surface area (Å²) in [6.07, 6.45) is 3.43. The molecule has 0 saturated carbocycles. The Balaban J connectivity index is 2.90. The number of rotatable bonds is 0. The number of H-pyrrole nitrogens is 1. The van der Waals surface area contributed by atoms with E-state index in [1.54, 1.807) is 12.4 Å². The third kappa shape index (κ3) is 1.65. The van der Waals surface area contributed by atoms with Gasteiger partial charge in [-0.25, -0.2) is 0 Å². The molecular weight excluding hydrogens is 188 g/mol. The predicted octanol–water partition coefficient (Wildman–Crippen LogP) is 2.22. The average Bonchev–Trinajstić information content (AvgIpc) is 2.17. The van der Waals surface area contributed by atoms with Crippen molar-refractivity contribution in [3.8, 4) is 0 Å². The average molecular weight is 202 g/mol. The van der Waals surface area contributed by atoms with Gasteiger partial charge in [-0.15, -0.1) is 0 Å². The summed E-state index contributed by atoms with van der Waals surface area (Å²) in [7, 11) is 0. The molecule has 0 spiro atoms. The Morgan fingerprint density at radius 3 is 2.73 bits per heavy atom. The fourth-order valence-corrected chi connectivity index (χ4v) is 1.71. The molecule has 3 heteroatoms. The van der Waals surface area contributed by atoms with Gasteiger partial charge in [0.25, 0.3) is 5.56 Å². The number of pyridine rings is 2. The van der Waals surface area contributed by atoms with E-state index in [0.29, 0.717) is 5.52 Å². The molecule has 1 N–H and O–H groups in total. The summed E-state index contributed by atoms with van der Waals surface area (Å²) in [5.41, 5.74) is 1.51. The van der Waals surface area contributed by atoms with Crippen LogP contribution in [0.15, 0.2) is 29.3 Å². The van der Waals surface area contributed by atoms with Crippen molar-refractivity contribution < 1.29 is 0 Å². The molecule has 0 aliphatic heterocycles. The number of aromatic amines is 1. The molecule has 78 valence electrons. The summed E-state index contributed by atoms with van der Waals surface area (Å²) < 4.78 is 0. The van der Waals surface area contributed by atoms with Crippen molar-refractivity contribution in [3.05, 3.63) is 40.4 Å². The lowest BCUT2D eigenvalue weighted by molar-refractivity contribution is 0.593. The van der Waals surface area contributed by atoms with Gasteiger partial charge in [0.05, 0.1) is 0 Å². The Morgan fingerprint density at radius 1 is 1.33 bits per heavy atom. The summed E-state index contributed by atoms with van der Waals surface area (Å²) >= 11 is 0. The first kappa shape index (κ1) is 9.90. The van der Waals surface area contributed by atoms with Crippen molar-refractivity contribution in [2.45, 2.75) is 26.2 Å². The number of hydrogen-bond acceptors (Lipinski definition) is 2. The first-order chi connectivity index (χ1) is 7.00. The molecule has 0 atom stereocenters. The maximum atomic E-state index is 11.5. The summed E-state index contributed by atoms with van der Waals surface area (Å²) in [5.74, 6) is 0. The van der Waals surface area contributed by atoms with E-state index in [4.69, 9.17) is 0 Å². The molecule has 0 amide bonds. The van der Waals surface area contributed by atoms with Gasteiger partial charge >= 0.3 is 0 Å². The number of aromatic nitrogens is 2. The van der Waals surface area contributed by atoms with Crippen LogP contribution in [0.25, 0.3) is 10.9 Å². The lowest BCUT2D eigenvalue weighted by Gasteiger charge is -2.20. The topological polar surface area (TPSA) is 45.8 Å². The van der Waals surface area contributed by atoms with Crippen molar-refractivity contribution in [2.24, 2.45) is 0 Å². The van der Waals surface area contributed by atoms with Gasteiger partial charge in [-0.2, -0.15) is 0 Å². The molecule has 0 fully saturated rings. The Morgan fingerprint density at radius 2 is 2.07 bits per heavy atom. The second kappa shape index (κ2) is 3.19. The molecule has 2 aromatic rings. The third-order valence-electron chi connectivity index (χ3n) is 2.47. The van der Waals surface area contributed by atoms with Crippen LogP contribution in [0.3, 0.4) is 0 Å². The first-order valence-corrected chi connectivity index (χ1v) is 4.97. The van der Waals surface area contributed by atoms with Crippen LogP contribution in [-0.4, -0.2) is 9.97 Å². The van der Waals surface area contributed by atoms with Crippen molar-refractivity contribution in [1.29, 1.82) is 0 Å². The zero-order chi connectivity index (χ0) is 11.1. The van der Waals surface area contributed by atoms with E-state index in [0.717, 1.165) is 10.9 Å². The molecule has 0 radical (unpaired) electrons. The van der Waals surface area contributed by atoms with Crippen molar-refractivity contribution in [2.75, 3.05) is 0 Å². The van der Waals surface area contributed by atoms with Crippen LogP contribution in [-0.2, 0) is 5.41 Å². The van der Waals surface area contributed by atoms with Crippen molar-refractivity contribution in [3.63, 3.8) is 0 Å². The van der Waals surface area contributed by atoms with Crippen LogP contribution >= 0.6 is 0 Å². The zero-order valence-electron chi connectivity index (χ0n) is 9.16. The van der Waals surface area contributed by atoms with E-state index in [-0.39, 0.29) is 11.0 Å². The zero-order valence-corrected chi connectivity index (χ0v) is 9.16. The van der Waals surface area contributed by atoms with Crippen molar-refractivity contribution >= 4 is 10.9 Å². The Kier molecular flexibility index (Phi) is 2.11. The van der Waals surface area contributed by atoms with Crippen LogP contribution in [0.2, 0.25) is 0 Å². The standard InChI is InChI=1S/C12H14N2O/c1-12(2,3)9-7-14-11(15)10-8(9)5-4-6-13-10/h4-7H,1-3H3,(H,14,15). The molecule has 2 rings (SSSR count). The van der Waals surface area contributed by atoms with Crippen LogP contribution in [0.1, 0.15) is 26.3 Å². The first-order valence-electron chi connectivity index (χ1n) is 4.97. The number of nitrogens with zero attached hydrogens (tertiary/aromatic N) is 1. The largest absolute Gasteiger partial charge is 0.327 e. The Bertz CT molecular complexity index is 549. The highest BCUT2D eigenvalue weighted by atomic mass is 16.1. The lowest BCUT2D eigenvalue weighted by atomic mass is 9.86. The summed E-state index contributed by atoms with van der Waals surface area (Å²) in [4.78, 5) is 18.4. The van der Waals surface area contributed by atoms with Gasteiger partial charge in [0.15, 0.2) is 0 Å². The highest BCUT2D eigenvalue weighted by molar-refractivity contribution is 5.81. The van der Waals surface area contributed by atoms with E-state index in [1.807, 2.05) is 12.1 Å². The number of nitrogens with one attached hydrogen (secondary N) is 1. The highest BCUT2D eigenvalue weighted by Crippen LogP contribution is 2.26. The summed E-state index contributed by atoms with van der Waals surface area (Å²) in [6, 6.07) is 3.80. The van der Waals surface area contributed by atoms with Gasteiger partial charge in [0, 0.05) is 17.8 Å². The minimum Gasteiger partial charge on any atom is -0.327 e. The molecule has 2 aromatic heterocycles. The highest BCUT2D eigenvalue weighted by Gasteiger charge is 2.17. The van der Waals surface area contributed by atoms with Crippen LogP contribution in [0.4, 0.5) is 0 Å². The minimum atomic E-state index is -0.126. The quantitative estimate of drug-likeness (QED) is 0.712. The fraction of sp³-hybridized carbons (Fsp3) is 0.333. The van der Waals surface area contributed by atoms with E-state index in [9.17, 15) is 4.79 Å². The smallest absolute Gasteiger partial charge is 0.274 e. The van der Waals surface area contributed by atoms with Gasteiger partial charge in [-0.3, -0.25) is 9.78 Å². The summed E-state index contributed by atoms with van der Waals surface area (Å²) in [6.45, 7) is 6.35. The van der Waals surface area contributed by atoms with Gasteiger partial charge < -0.3 is 4.98 Å². The maximum absolute atomic E-state index is 11.5. The molecule has 15 heavy (non-hydrogen) atoms. The molecule has 3 nitrogen and oxygen atoms in total. The Hall–Kier alpha value is -1.64. The molecule has 2 heterocycles. The van der Waals surface area contributed by atoms with E-state index in [1.165, 1.54) is 0 Å². The van der Waals surface area contributed by atoms with Gasteiger partial charge in [0.2, 0.25) is 0 Å². The van der Waals surface area contributed by atoms with Crippen LogP contribution in [0.5, 0.6) is 0 Å². The SMILES string of the molecule is CC(C)(C)c1c[nH]c(=O)c2ncccc12. The number of hydrogen-bond donors (Lipinski definition) is 1. The van der Waals surface area contributed by atoms with Gasteiger partial charge in [-0.05, 0) is 17.0 Å². The second-order valence-corrected chi connectivity index (χ2v) is 4.68. The summed E-state index contributed by atoms with van der Waals surface area (Å²) in [5, 5.41) is 0.939. The van der Waals surface area contributed by atoms with Crippen LogP contribution in [0, 0.1) is 0 Å². The molecule has 0 bridgehead atoms. The Labute approximate surface area is 88.2 Å². The molecule has 0 unspecified atom stereocenters. The second-order valence-electron chi connectivity index (χ2n) is 4.68. The maximum Gasteiger partial charge on any atom is 0.274 e. The minimum absolute atomic E-state index is 0.00544. The van der Waals surface area contributed by atoms with Gasteiger partial charge in [-0.1, -0.05) is 26.8 Å². The predicted molar refractivity (Wildman–Crippen MR) is 61.1 cm³/mol. The molecule has 0 aliphatic carbocycles. The molecular formula is C12H14N2O. The third-order valence-corrected chi connectivity index (χ3v) is 2.47. The molecule has 0 saturated heterocycles. The fourth-order valence-electron chi connectivity index (χ4n) is 1.71.